The Morgan fingerprint density at radius 3 is 2.53 bits per heavy atom. The summed E-state index contributed by atoms with van der Waals surface area (Å²) in [5.41, 5.74) is 4.88. The zero-order chi connectivity index (χ0) is 13.4. The van der Waals surface area contributed by atoms with E-state index in [1.165, 1.54) is 22.6 Å². The van der Waals surface area contributed by atoms with Gasteiger partial charge in [0.15, 0.2) is 11.5 Å². The van der Waals surface area contributed by atoms with Crippen molar-refractivity contribution in [1.29, 1.82) is 0 Å². The molecule has 4 heteroatoms. The first-order valence-electron chi connectivity index (χ1n) is 6.38. The molecule has 4 nitrogen and oxygen atoms in total. The second kappa shape index (κ2) is 4.63. The van der Waals surface area contributed by atoms with Gasteiger partial charge in [0.25, 0.3) is 0 Å². The van der Waals surface area contributed by atoms with Crippen LogP contribution in [0.15, 0.2) is 24.3 Å². The Hall–Kier alpha value is -1.94. The van der Waals surface area contributed by atoms with Crippen molar-refractivity contribution in [3.05, 3.63) is 41.2 Å². The van der Waals surface area contributed by atoms with Crippen molar-refractivity contribution in [2.45, 2.75) is 20.0 Å². The molecular formula is C15H18N2O2. The average molecular weight is 258 g/mol. The largest absolute Gasteiger partial charge is 0.493 e. The Balaban J connectivity index is 2.25. The lowest BCUT2D eigenvalue weighted by molar-refractivity contribution is 0.354. The smallest absolute Gasteiger partial charge is 0.162 e. The molecular weight excluding hydrogens is 240 g/mol. The number of aryl methyl sites for hydroxylation is 1. The number of benzene rings is 1. The summed E-state index contributed by atoms with van der Waals surface area (Å²) in [7, 11) is 3.34. The van der Waals surface area contributed by atoms with E-state index in [-0.39, 0.29) is 0 Å². The van der Waals surface area contributed by atoms with Gasteiger partial charge in [-0.15, -0.1) is 0 Å². The molecule has 0 saturated heterocycles. The van der Waals surface area contributed by atoms with Crippen LogP contribution in [0.25, 0.3) is 5.69 Å². The van der Waals surface area contributed by atoms with E-state index in [9.17, 15) is 0 Å². The quantitative estimate of drug-likeness (QED) is 0.898. The topological polar surface area (TPSA) is 35.4 Å². The summed E-state index contributed by atoms with van der Waals surface area (Å²) in [6.45, 7) is 3.82. The number of hydrogen-bond donors (Lipinski definition) is 1. The molecule has 1 aliphatic rings. The van der Waals surface area contributed by atoms with Crippen LogP contribution < -0.4 is 14.8 Å². The number of methoxy groups -OCH3 is 2. The maximum Gasteiger partial charge on any atom is 0.162 e. The van der Waals surface area contributed by atoms with E-state index in [4.69, 9.17) is 9.47 Å². The van der Waals surface area contributed by atoms with Crippen molar-refractivity contribution in [2.75, 3.05) is 14.2 Å². The normalized spacial score (nSPS) is 13.4. The molecule has 100 valence electrons. The summed E-state index contributed by atoms with van der Waals surface area (Å²) in [4.78, 5) is 0. The molecule has 1 aromatic heterocycles. The van der Waals surface area contributed by atoms with Crippen LogP contribution in [0.5, 0.6) is 11.5 Å². The van der Waals surface area contributed by atoms with E-state index in [0.29, 0.717) is 0 Å². The number of nitrogens with one attached hydrogen (secondary N) is 1. The van der Waals surface area contributed by atoms with Gasteiger partial charge < -0.3 is 19.4 Å². The molecule has 0 spiro atoms. The summed E-state index contributed by atoms with van der Waals surface area (Å²) < 4.78 is 13.1. The Kier molecular flexibility index (Phi) is 2.95. The van der Waals surface area contributed by atoms with Crippen LogP contribution in [0, 0.1) is 6.92 Å². The summed E-state index contributed by atoms with van der Waals surface area (Å²) in [6.07, 6.45) is 0. The first-order chi connectivity index (χ1) is 9.24. The molecule has 0 amide bonds. The van der Waals surface area contributed by atoms with Gasteiger partial charge in [0, 0.05) is 30.5 Å². The highest BCUT2D eigenvalue weighted by Crippen LogP contribution is 2.34. The van der Waals surface area contributed by atoms with Crippen LogP contribution in [0.3, 0.4) is 0 Å². The van der Waals surface area contributed by atoms with Gasteiger partial charge in [0.1, 0.15) is 0 Å². The second-order valence-electron chi connectivity index (χ2n) is 4.74. The highest BCUT2D eigenvalue weighted by molar-refractivity contribution is 5.56. The van der Waals surface area contributed by atoms with Gasteiger partial charge in [0.2, 0.25) is 0 Å². The molecule has 0 radical (unpaired) electrons. The zero-order valence-electron chi connectivity index (χ0n) is 11.5. The minimum absolute atomic E-state index is 0.766. The number of rotatable bonds is 2. The lowest BCUT2D eigenvalue weighted by Gasteiger charge is -2.16. The van der Waals surface area contributed by atoms with Crippen molar-refractivity contribution >= 4 is 0 Å². The minimum Gasteiger partial charge on any atom is -0.493 e. The molecule has 1 N–H and O–H groups in total. The Bertz CT molecular complexity index is 617. The Morgan fingerprint density at radius 2 is 1.79 bits per heavy atom. The van der Waals surface area contributed by atoms with Crippen LogP contribution in [-0.4, -0.2) is 18.8 Å². The Morgan fingerprint density at radius 1 is 1.05 bits per heavy atom. The molecule has 0 aliphatic carbocycles. The number of hydrogen-bond acceptors (Lipinski definition) is 3. The molecule has 1 aromatic carbocycles. The van der Waals surface area contributed by atoms with Gasteiger partial charge in [-0.1, -0.05) is 0 Å². The maximum absolute atomic E-state index is 5.42. The molecule has 1 aliphatic heterocycles. The molecule has 0 saturated carbocycles. The van der Waals surface area contributed by atoms with Crippen molar-refractivity contribution in [3.63, 3.8) is 0 Å². The molecule has 0 bridgehead atoms. The first-order valence-corrected chi connectivity index (χ1v) is 6.38. The van der Waals surface area contributed by atoms with E-state index in [1.807, 2.05) is 0 Å². The van der Waals surface area contributed by atoms with Crippen LogP contribution in [-0.2, 0) is 13.1 Å². The summed E-state index contributed by atoms with van der Waals surface area (Å²) in [5, 5.41) is 3.44. The minimum atomic E-state index is 0.766. The number of ether oxygens (including phenoxy) is 2. The van der Waals surface area contributed by atoms with Crippen LogP contribution in [0.2, 0.25) is 0 Å². The summed E-state index contributed by atoms with van der Waals surface area (Å²) in [5.74, 6) is 1.54. The maximum atomic E-state index is 5.42. The fourth-order valence-electron chi connectivity index (χ4n) is 2.66. The van der Waals surface area contributed by atoms with Gasteiger partial charge in [-0.3, -0.25) is 0 Å². The SMILES string of the molecule is COc1cc2c(cc1OC)-n1c(C)ccc1CNC2. The molecule has 0 atom stereocenters. The van der Waals surface area contributed by atoms with E-state index >= 15 is 0 Å². The van der Waals surface area contributed by atoms with E-state index in [2.05, 4.69) is 41.1 Å². The van der Waals surface area contributed by atoms with Crippen molar-refractivity contribution < 1.29 is 9.47 Å². The lowest BCUT2D eigenvalue weighted by Crippen LogP contribution is -2.10. The van der Waals surface area contributed by atoms with E-state index in [0.717, 1.165) is 24.6 Å². The monoisotopic (exact) mass is 258 g/mol. The lowest BCUT2D eigenvalue weighted by atomic mass is 10.1. The van der Waals surface area contributed by atoms with Gasteiger partial charge in [0.05, 0.1) is 19.9 Å². The van der Waals surface area contributed by atoms with Gasteiger partial charge in [-0.2, -0.15) is 0 Å². The third-order valence-electron chi connectivity index (χ3n) is 3.60. The molecule has 0 fully saturated rings. The fraction of sp³-hybridized carbons (Fsp3) is 0.333. The standard InChI is InChI=1S/C15H18N2O2/c1-10-4-5-12-9-16-8-11-6-14(18-2)15(19-3)7-13(11)17(10)12/h4-7,16H,8-9H2,1-3H3. The molecule has 2 aromatic rings. The van der Waals surface area contributed by atoms with Crippen molar-refractivity contribution in [3.8, 4) is 17.2 Å². The van der Waals surface area contributed by atoms with Crippen LogP contribution in [0.1, 0.15) is 17.0 Å². The molecule has 0 unspecified atom stereocenters. The highest BCUT2D eigenvalue weighted by Gasteiger charge is 2.18. The molecule has 3 rings (SSSR count). The number of nitrogens with zero attached hydrogens (tertiary/aromatic N) is 1. The predicted molar refractivity (Wildman–Crippen MR) is 74.2 cm³/mol. The van der Waals surface area contributed by atoms with Crippen molar-refractivity contribution in [2.24, 2.45) is 0 Å². The van der Waals surface area contributed by atoms with Crippen LogP contribution in [0.4, 0.5) is 0 Å². The summed E-state index contributed by atoms with van der Waals surface area (Å²) in [6, 6.07) is 8.41. The first kappa shape index (κ1) is 12.1. The third-order valence-corrected chi connectivity index (χ3v) is 3.60. The number of aromatic nitrogens is 1. The van der Waals surface area contributed by atoms with Crippen LogP contribution >= 0.6 is 0 Å². The second-order valence-corrected chi connectivity index (χ2v) is 4.74. The van der Waals surface area contributed by atoms with Crippen molar-refractivity contribution in [1.82, 2.24) is 9.88 Å². The average Bonchev–Trinajstić information content (AvgIpc) is 2.70. The molecule has 19 heavy (non-hydrogen) atoms. The Labute approximate surface area is 113 Å². The van der Waals surface area contributed by atoms with Gasteiger partial charge in [-0.05, 0) is 30.7 Å². The number of fused-ring (bicyclic) bond motifs is 3. The predicted octanol–water partition coefficient (Wildman–Crippen LogP) is 2.41. The van der Waals surface area contributed by atoms with Gasteiger partial charge >= 0.3 is 0 Å². The van der Waals surface area contributed by atoms with E-state index < -0.39 is 0 Å². The zero-order valence-corrected chi connectivity index (χ0v) is 11.5. The highest BCUT2D eigenvalue weighted by atomic mass is 16.5. The summed E-state index contributed by atoms with van der Waals surface area (Å²) >= 11 is 0. The van der Waals surface area contributed by atoms with E-state index in [1.54, 1.807) is 14.2 Å². The fourth-order valence-corrected chi connectivity index (χ4v) is 2.66. The molecule has 2 heterocycles. The third kappa shape index (κ3) is 1.88. The van der Waals surface area contributed by atoms with Gasteiger partial charge in [-0.25, -0.2) is 0 Å².